The second-order valence-electron chi connectivity index (χ2n) is 8.59. The lowest BCUT2D eigenvalue weighted by Crippen LogP contribution is -2.45. The molecule has 1 saturated carbocycles. The van der Waals surface area contributed by atoms with Gasteiger partial charge in [-0.25, -0.2) is 4.39 Å². The van der Waals surface area contributed by atoms with E-state index in [9.17, 15) is 19.1 Å². The van der Waals surface area contributed by atoms with E-state index in [1.165, 1.54) is 6.07 Å². The zero-order valence-corrected chi connectivity index (χ0v) is 18.3. The van der Waals surface area contributed by atoms with E-state index in [2.05, 4.69) is 5.32 Å². The van der Waals surface area contributed by atoms with Gasteiger partial charge in [0.2, 0.25) is 5.91 Å². The van der Waals surface area contributed by atoms with Crippen LogP contribution in [0.25, 0.3) is 10.9 Å². The van der Waals surface area contributed by atoms with Crippen molar-refractivity contribution in [2.75, 3.05) is 0 Å². The van der Waals surface area contributed by atoms with Gasteiger partial charge in [0.1, 0.15) is 5.82 Å². The van der Waals surface area contributed by atoms with E-state index in [-0.39, 0.29) is 30.0 Å². The molecule has 2 atom stereocenters. The molecule has 2 aromatic carbocycles. The van der Waals surface area contributed by atoms with E-state index >= 15 is 0 Å². The first kappa shape index (κ1) is 22.2. The van der Waals surface area contributed by atoms with Crippen LogP contribution in [-0.2, 0) is 17.8 Å². The first-order valence-corrected chi connectivity index (χ1v) is 11.3. The van der Waals surface area contributed by atoms with Gasteiger partial charge in [-0.15, -0.1) is 0 Å². The van der Waals surface area contributed by atoms with Crippen LogP contribution in [0.15, 0.2) is 48.7 Å². The quantitative estimate of drug-likeness (QED) is 0.540. The number of ketones is 1. The summed E-state index contributed by atoms with van der Waals surface area (Å²) in [5.41, 5.74) is 3.01. The fraction of sp³-hybridized carbons (Fsp3) is 0.385. The number of carbonyl (C=O) groups is 2. The molecule has 5 nitrogen and oxygen atoms in total. The molecule has 0 unspecified atom stereocenters. The number of nitrogens with one attached hydrogen (secondary N) is 1. The number of amides is 1. The Bertz CT molecular complexity index is 1120. The average Bonchev–Trinajstić information content (AvgIpc) is 3.13. The van der Waals surface area contributed by atoms with Gasteiger partial charge in [-0.05, 0) is 36.1 Å². The highest BCUT2D eigenvalue weighted by molar-refractivity contribution is 5.95. The van der Waals surface area contributed by atoms with Crippen molar-refractivity contribution in [3.8, 4) is 0 Å². The normalized spacial score (nSPS) is 18.6. The number of halogens is 1. The van der Waals surface area contributed by atoms with Gasteiger partial charge in [-0.1, -0.05) is 50.1 Å². The molecule has 4 rings (SSSR count). The molecule has 0 saturated heterocycles. The van der Waals surface area contributed by atoms with E-state index in [0.717, 1.165) is 30.3 Å². The van der Waals surface area contributed by atoms with Crippen LogP contribution in [0.4, 0.5) is 4.39 Å². The summed E-state index contributed by atoms with van der Waals surface area (Å²) in [5.74, 6) is -0.465. The van der Waals surface area contributed by atoms with E-state index in [1.54, 1.807) is 6.07 Å². The number of aliphatic hydroxyl groups excluding tert-OH is 1. The standard InChI is InChI=1S/C26H29FN2O3/c1-2-23(30)18-12-10-17(11-13-18)15-29-16-19(26-20(27)6-5-8-22(26)29)14-25(32)28-21-7-3-4-9-24(21)31/h5-6,8,10-13,16,21,24,31H,2-4,7,9,14-15H2,1H3,(H,28,32)/t21-,24-/m0/s1. The molecule has 1 fully saturated rings. The third kappa shape index (κ3) is 4.75. The summed E-state index contributed by atoms with van der Waals surface area (Å²) < 4.78 is 16.7. The van der Waals surface area contributed by atoms with Crippen molar-refractivity contribution in [3.63, 3.8) is 0 Å². The van der Waals surface area contributed by atoms with Crippen LogP contribution in [0.5, 0.6) is 0 Å². The van der Waals surface area contributed by atoms with Crippen LogP contribution in [0.2, 0.25) is 0 Å². The summed E-state index contributed by atoms with van der Waals surface area (Å²) in [6.07, 6.45) is 5.24. The maximum absolute atomic E-state index is 14.7. The first-order valence-electron chi connectivity index (χ1n) is 11.3. The molecule has 168 valence electrons. The number of carbonyl (C=O) groups excluding carboxylic acids is 2. The number of aliphatic hydroxyl groups is 1. The van der Waals surface area contributed by atoms with Gasteiger partial charge in [0.05, 0.1) is 24.1 Å². The molecule has 0 aliphatic heterocycles. The van der Waals surface area contributed by atoms with Crippen LogP contribution in [0.3, 0.4) is 0 Å². The predicted molar refractivity (Wildman–Crippen MR) is 122 cm³/mol. The molecule has 0 bridgehead atoms. The molecular formula is C26H29FN2O3. The highest BCUT2D eigenvalue weighted by Gasteiger charge is 2.25. The SMILES string of the molecule is CCC(=O)c1ccc(Cn2cc(CC(=O)N[C@H]3CCCC[C@@H]3O)c3c(F)cccc32)cc1. The fourth-order valence-corrected chi connectivity index (χ4v) is 4.56. The Hall–Kier alpha value is -2.99. The molecule has 0 radical (unpaired) electrons. The lowest BCUT2D eigenvalue weighted by molar-refractivity contribution is -0.122. The number of rotatable bonds is 7. The van der Waals surface area contributed by atoms with Crippen molar-refractivity contribution in [3.05, 3.63) is 71.2 Å². The van der Waals surface area contributed by atoms with Crippen molar-refractivity contribution in [2.45, 2.75) is 64.1 Å². The maximum Gasteiger partial charge on any atom is 0.224 e. The maximum atomic E-state index is 14.7. The van der Waals surface area contributed by atoms with Gasteiger partial charge in [0.25, 0.3) is 0 Å². The second-order valence-corrected chi connectivity index (χ2v) is 8.59. The van der Waals surface area contributed by atoms with Crippen molar-refractivity contribution < 1.29 is 19.1 Å². The molecule has 0 spiro atoms. The van der Waals surface area contributed by atoms with Crippen LogP contribution in [-0.4, -0.2) is 33.5 Å². The molecule has 32 heavy (non-hydrogen) atoms. The lowest BCUT2D eigenvalue weighted by Gasteiger charge is -2.28. The first-order chi connectivity index (χ1) is 15.5. The lowest BCUT2D eigenvalue weighted by atomic mass is 9.92. The molecule has 6 heteroatoms. The second kappa shape index (κ2) is 9.65. The molecule has 2 N–H and O–H groups in total. The fourth-order valence-electron chi connectivity index (χ4n) is 4.56. The van der Waals surface area contributed by atoms with Gasteiger partial charge < -0.3 is 15.0 Å². The van der Waals surface area contributed by atoms with Gasteiger partial charge in [0, 0.05) is 30.1 Å². The van der Waals surface area contributed by atoms with E-state index in [1.807, 2.05) is 48.0 Å². The van der Waals surface area contributed by atoms with Crippen LogP contribution in [0.1, 0.15) is 60.5 Å². The number of benzene rings is 2. The number of aromatic nitrogens is 1. The number of hydrogen-bond donors (Lipinski definition) is 2. The minimum atomic E-state index is -0.520. The van der Waals surface area contributed by atoms with E-state index < -0.39 is 6.10 Å². The van der Waals surface area contributed by atoms with E-state index in [0.29, 0.717) is 35.9 Å². The third-order valence-electron chi connectivity index (χ3n) is 6.31. The number of fused-ring (bicyclic) bond motifs is 1. The highest BCUT2D eigenvalue weighted by Crippen LogP contribution is 2.26. The summed E-state index contributed by atoms with van der Waals surface area (Å²) in [4.78, 5) is 24.6. The average molecular weight is 437 g/mol. The minimum absolute atomic E-state index is 0.0532. The summed E-state index contributed by atoms with van der Waals surface area (Å²) in [5, 5.41) is 13.5. The van der Waals surface area contributed by atoms with Gasteiger partial charge in [0.15, 0.2) is 5.78 Å². The van der Waals surface area contributed by atoms with Gasteiger partial charge in [-0.2, -0.15) is 0 Å². The van der Waals surface area contributed by atoms with Crippen LogP contribution in [0, 0.1) is 5.82 Å². The van der Waals surface area contributed by atoms with Gasteiger partial charge >= 0.3 is 0 Å². The third-order valence-corrected chi connectivity index (χ3v) is 6.31. The van der Waals surface area contributed by atoms with Crippen molar-refractivity contribution >= 4 is 22.6 Å². The molecule has 3 aromatic rings. The topological polar surface area (TPSA) is 71.3 Å². The molecule has 1 amide bonds. The molecule has 1 aromatic heterocycles. The van der Waals surface area contributed by atoms with Crippen LogP contribution >= 0.6 is 0 Å². The Balaban J connectivity index is 1.56. The number of hydrogen-bond acceptors (Lipinski definition) is 3. The van der Waals surface area contributed by atoms with Crippen molar-refractivity contribution in [2.24, 2.45) is 0 Å². The minimum Gasteiger partial charge on any atom is -0.391 e. The number of Topliss-reactive ketones (excluding diaryl/α,β-unsaturated/α-hetero) is 1. The zero-order chi connectivity index (χ0) is 22.7. The van der Waals surface area contributed by atoms with Crippen molar-refractivity contribution in [1.82, 2.24) is 9.88 Å². The molecule has 1 aliphatic carbocycles. The Morgan fingerprint density at radius 2 is 1.88 bits per heavy atom. The Morgan fingerprint density at radius 1 is 1.12 bits per heavy atom. The van der Waals surface area contributed by atoms with Crippen LogP contribution < -0.4 is 5.32 Å². The van der Waals surface area contributed by atoms with E-state index in [4.69, 9.17) is 0 Å². The summed E-state index contributed by atoms with van der Waals surface area (Å²) in [6.45, 7) is 2.34. The zero-order valence-electron chi connectivity index (χ0n) is 18.3. The highest BCUT2D eigenvalue weighted by atomic mass is 19.1. The smallest absolute Gasteiger partial charge is 0.224 e. The molecule has 1 aliphatic rings. The summed E-state index contributed by atoms with van der Waals surface area (Å²) in [6, 6.07) is 12.1. The number of nitrogens with zero attached hydrogens (tertiary/aromatic N) is 1. The summed E-state index contributed by atoms with van der Waals surface area (Å²) >= 11 is 0. The van der Waals surface area contributed by atoms with Crippen molar-refractivity contribution in [1.29, 1.82) is 0 Å². The molecule has 1 heterocycles. The summed E-state index contributed by atoms with van der Waals surface area (Å²) in [7, 11) is 0. The monoisotopic (exact) mass is 436 g/mol. The predicted octanol–water partition coefficient (Wildman–Crippen LogP) is 4.38. The van der Waals surface area contributed by atoms with Gasteiger partial charge in [-0.3, -0.25) is 9.59 Å². The Labute approximate surface area is 187 Å². The molecular weight excluding hydrogens is 407 g/mol. The largest absolute Gasteiger partial charge is 0.391 e. The Kier molecular flexibility index (Phi) is 6.70. The Morgan fingerprint density at radius 3 is 2.59 bits per heavy atom.